The molecule has 1 amide bonds. The van der Waals surface area contributed by atoms with E-state index < -0.39 is 0 Å². The van der Waals surface area contributed by atoms with Crippen LogP contribution in [0.15, 0.2) is 28.7 Å². The molecule has 2 aromatic rings. The number of aryl methyl sites for hydroxylation is 2. The van der Waals surface area contributed by atoms with Gasteiger partial charge in [0.25, 0.3) is 5.91 Å². The summed E-state index contributed by atoms with van der Waals surface area (Å²) in [6, 6.07) is 7.55. The monoisotopic (exact) mass is 317 g/mol. The van der Waals surface area contributed by atoms with Gasteiger partial charge in [-0.15, -0.1) is 0 Å². The topological polar surface area (TPSA) is 62.9 Å². The quantitative estimate of drug-likeness (QED) is 0.890. The number of amides is 1. The number of rotatable bonds is 6. The van der Waals surface area contributed by atoms with Crippen LogP contribution in [0.4, 0.5) is 0 Å². The van der Waals surface area contributed by atoms with E-state index in [1.807, 2.05) is 38.1 Å². The van der Waals surface area contributed by atoms with Gasteiger partial charge in [0.05, 0.1) is 19.3 Å². The van der Waals surface area contributed by atoms with Crippen molar-refractivity contribution in [1.82, 2.24) is 4.90 Å². The Hall–Kier alpha value is -2.27. The molecule has 124 valence electrons. The number of para-hydroxylation sites is 1. The zero-order valence-corrected chi connectivity index (χ0v) is 14.0. The predicted octanol–water partition coefficient (Wildman–Crippen LogP) is 2.85. The van der Waals surface area contributed by atoms with Gasteiger partial charge in [0.1, 0.15) is 17.3 Å². The van der Waals surface area contributed by atoms with Crippen molar-refractivity contribution in [2.24, 2.45) is 0 Å². The van der Waals surface area contributed by atoms with E-state index in [9.17, 15) is 9.90 Å². The van der Waals surface area contributed by atoms with E-state index in [1.165, 1.54) is 0 Å². The molecule has 0 bridgehead atoms. The molecule has 0 radical (unpaired) electrons. The fourth-order valence-corrected chi connectivity index (χ4v) is 2.68. The lowest BCUT2D eigenvalue weighted by Gasteiger charge is -2.23. The minimum absolute atomic E-state index is 0.101. The Bertz CT molecular complexity index is 690. The van der Waals surface area contributed by atoms with Crippen molar-refractivity contribution in [1.29, 1.82) is 0 Å². The molecule has 0 aliphatic carbocycles. The summed E-state index contributed by atoms with van der Waals surface area (Å²) in [4.78, 5) is 14.5. The maximum Gasteiger partial charge on any atom is 0.258 e. The molecule has 0 spiro atoms. The van der Waals surface area contributed by atoms with E-state index in [1.54, 1.807) is 18.9 Å². The third-order valence-electron chi connectivity index (χ3n) is 3.99. The maximum absolute atomic E-state index is 12.9. The van der Waals surface area contributed by atoms with Crippen molar-refractivity contribution in [3.63, 3.8) is 0 Å². The van der Waals surface area contributed by atoms with Crippen LogP contribution in [-0.2, 0) is 6.54 Å². The first kappa shape index (κ1) is 17.1. The van der Waals surface area contributed by atoms with Crippen LogP contribution >= 0.6 is 0 Å². The van der Waals surface area contributed by atoms with Crippen LogP contribution in [0.5, 0.6) is 5.75 Å². The molecule has 1 aromatic carbocycles. The van der Waals surface area contributed by atoms with Crippen molar-refractivity contribution in [2.75, 3.05) is 20.3 Å². The van der Waals surface area contributed by atoms with Crippen molar-refractivity contribution in [3.8, 4) is 5.75 Å². The number of nitrogens with zero attached hydrogens (tertiary/aromatic N) is 1. The van der Waals surface area contributed by atoms with E-state index >= 15 is 0 Å². The highest BCUT2D eigenvalue weighted by Crippen LogP contribution is 2.25. The average Bonchev–Trinajstić information content (AvgIpc) is 2.79. The summed E-state index contributed by atoms with van der Waals surface area (Å²) in [7, 11) is 1.60. The maximum atomic E-state index is 12.9. The highest BCUT2D eigenvalue weighted by Gasteiger charge is 2.24. The van der Waals surface area contributed by atoms with Gasteiger partial charge in [-0.25, -0.2) is 0 Å². The second kappa shape index (κ2) is 7.33. The van der Waals surface area contributed by atoms with Crippen molar-refractivity contribution in [3.05, 3.63) is 52.5 Å². The zero-order chi connectivity index (χ0) is 17.0. The van der Waals surface area contributed by atoms with Crippen LogP contribution in [0.25, 0.3) is 0 Å². The minimum atomic E-state index is -0.142. The summed E-state index contributed by atoms with van der Waals surface area (Å²) in [6.07, 6.45) is 0. The fourth-order valence-electron chi connectivity index (χ4n) is 2.68. The number of hydrogen-bond donors (Lipinski definition) is 1. The van der Waals surface area contributed by atoms with Crippen LogP contribution in [0, 0.1) is 20.8 Å². The SMILES string of the molecule is COc1ccccc1CN(CCO)C(=O)c1c(C)oc(C)c1C. The molecule has 23 heavy (non-hydrogen) atoms. The molecular weight excluding hydrogens is 294 g/mol. The molecule has 0 aliphatic rings. The Labute approximate surface area is 136 Å². The molecule has 5 heteroatoms. The standard InChI is InChI=1S/C18H23NO4/c1-12-13(2)23-14(3)17(12)18(21)19(9-10-20)11-15-7-5-6-8-16(15)22-4/h5-8,20H,9-11H2,1-4H3. The van der Waals surface area contributed by atoms with Gasteiger partial charge in [0, 0.05) is 24.2 Å². The number of furan rings is 1. The minimum Gasteiger partial charge on any atom is -0.496 e. The second-order valence-corrected chi connectivity index (χ2v) is 5.48. The molecule has 0 aliphatic heterocycles. The highest BCUT2D eigenvalue weighted by molar-refractivity contribution is 5.96. The van der Waals surface area contributed by atoms with Crippen LogP contribution in [-0.4, -0.2) is 36.2 Å². The Kier molecular flexibility index (Phi) is 5.45. The second-order valence-electron chi connectivity index (χ2n) is 5.48. The Balaban J connectivity index is 2.32. The summed E-state index contributed by atoms with van der Waals surface area (Å²) in [6.45, 7) is 6.02. The van der Waals surface area contributed by atoms with Gasteiger partial charge in [-0.3, -0.25) is 4.79 Å². The van der Waals surface area contributed by atoms with E-state index in [0.717, 1.165) is 22.6 Å². The molecule has 2 rings (SSSR count). The van der Waals surface area contributed by atoms with Crippen molar-refractivity contribution >= 4 is 5.91 Å². The molecule has 1 N–H and O–H groups in total. The van der Waals surface area contributed by atoms with Gasteiger partial charge in [-0.05, 0) is 26.8 Å². The molecular formula is C18H23NO4. The smallest absolute Gasteiger partial charge is 0.258 e. The largest absolute Gasteiger partial charge is 0.496 e. The molecule has 0 fully saturated rings. The van der Waals surface area contributed by atoms with Gasteiger partial charge in [-0.2, -0.15) is 0 Å². The number of aliphatic hydroxyl groups is 1. The Morgan fingerprint density at radius 1 is 1.22 bits per heavy atom. The first-order chi connectivity index (χ1) is 11.0. The average molecular weight is 317 g/mol. The number of carbonyl (C=O) groups is 1. The zero-order valence-electron chi connectivity index (χ0n) is 14.0. The van der Waals surface area contributed by atoms with E-state index in [-0.39, 0.29) is 19.1 Å². The number of benzene rings is 1. The molecule has 0 saturated carbocycles. The van der Waals surface area contributed by atoms with E-state index in [4.69, 9.17) is 9.15 Å². The molecule has 0 atom stereocenters. The summed E-state index contributed by atoms with van der Waals surface area (Å²) in [5.41, 5.74) is 2.31. The predicted molar refractivity (Wildman–Crippen MR) is 87.7 cm³/mol. The first-order valence-corrected chi connectivity index (χ1v) is 7.58. The molecule has 0 unspecified atom stereocenters. The number of methoxy groups -OCH3 is 1. The van der Waals surface area contributed by atoms with Gasteiger partial charge in [0.15, 0.2) is 0 Å². The number of ether oxygens (including phenoxy) is 1. The lowest BCUT2D eigenvalue weighted by Crippen LogP contribution is -2.33. The van der Waals surface area contributed by atoms with Crippen LogP contribution in [0.3, 0.4) is 0 Å². The molecule has 1 heterocycles. The number of carbonyl (C=O) groups excluding carboxylic acids is 1. The van der Waals surface area contributed by atoms with Gasteiger partial charge < -0.3 is 19.2 Å². The number of hydrogen-bond acceptors (Lipinski definition) is 4. The lowest BCUT2D eigenvalue weighted by molar-refractivity contribution is 0.0704. The summed E-state index contributed by atoms with van der Waals surface area (Å²) < 4.78 is 10.9. The molecule has 5 nitrogen and oxygen atoms in total. The highest BCUT2D eigenvalue weighted by atomic mass is 16.5. The number of aliphatic hydroxyl groups excluding tert-OH is 1. The van der Waals surface area contributed by atoms with Gasteiger partial charge in [0.2, 0.25) is 0 Å². The van der Waals surface area contributed by atoms with E-state index in [0.29, 0.717) is 17.9 Å². The summed E-state index contributed by atoms with van der Waals surface area (Å²) >= 11 is 0. The van der Waals surface area contributed by atoms with Crippen LogP contribution in [0.1, 0.15) is 33.0 Å². The summed E-state index contributed by atoms with van der Waals surface area (Å²) in [5, 5.41) is 9.33. The van der Waals surface area contributed by atoms with Crippen LogP contribution < -0.4 is 4.74 Å². The normalized spacial score (nSPS) is 10.7. The fraction of sp³-hybridized carbons (Fsp3) is 0.389. The van der Waals surface area contributed by atoms with Crippen LogP contribution in [0.2, 0.25) is 0 Å². The summed E-state index contributed by atoms with van der Waals surface area (Å²) in [5.74, 6) is 1.93. The Morgan fingerprint density at radius 2 is 1.91 bits per heavy atom. The lowest BCUT2D eigenvalue weighted by atomic mass is 10.1. The first-order valence-electron chi connectivity index (χ1n) is 7.58. The third kappa shape index (κ3) is 3.56. The van der Waals surface area contributed by atoms with Crippen molar-refractivity contribution < 1.29 is 19.1 Å². The van der Waals surface area contributed by atoms with Gasteiger partial charge in [-0.1, -0.05) is 18.2 Å². The third-order valence-corrected chi connectivity index (χ3v) is 3.99. The molecule has 1 aromatic heterocycles. The van der Waals surface area contributed by atoms with E-state index in [2.05, 4.69) is 0 Å². The Morgan fingerprint density at radius 3 is 2.48 bits per heavy atom. The van der Waals surface area contributed by atoms with Gasteiger partial charge >= 0.3 is 0 Å². The molecule has 0 saturated heterocycles. The van der Waals surface area contributed by atoms with Crippen molar-refractivity contribution in [2.45, 2.75) is 27.3 Å².